The van der Waals surface area contributed by atoms with E-state index in [4.69, 9.17) is 9.47 Å². The molecular weight excluding hydrogens is 536 g/mol. The van der Waals surface area contributed by atoms with Gasteiger partial charge in [0.15, 0.2) is 0 Å². The minimum atomic E-state index is -0.0275. The van der Waals surface area contributed by atoms with Gasteiger partial charge in [0.05, 0.1) is 26.1 Å². The lowest BCUT2D eigenvalue weighted by molar-refractivity contribution is -0.145. The number of ether oxygens (including phenoxy) is 2. The van der Waals surface area contributed by atoms with Gasteiger partial charge in [-0.1, -0.05) is 73.6 Å². The van der Waals surface area contributed by atoms with Crippen LogP contribution >= 0.6 is 0 Å². The Balaban J connectivity index is 1.42. The van der Waals surface area contributed by atoms with Crippen LogP contribution in [0.15, 0.2) is 0 Å². The molecule has 0 amide bonds. The first-order chi connectivity index (χ1) is 20.5. The minimum Gasteiger partial charge on any atom is -0.466 e. The molecule has 0 spiro atoms. The van der Waals surface area contributed by atoms with Crippen molar-refractivity contribution in [1.82, 2.24) is 9.80 Å². The van der Waals surface area contributed by atoms with Crippen molar-refractivity contribution < 1.29 is 19.1 Å². The van der Waals surface area contributed by atoms with Crippen LogP contribution in [0.1, 0.15) is 151 Å². The van der Waals surface area contributed by atoms with Crippen LogP contribution in [-0.2, 0) is 19.1 Å². The molecule has 43 heavy (non-hydrogen) atoms. The SMILES string of the molecule is CCC(C)(C)CCCCOC(=O)CCN1CCC(CCCC2CCN(CCC(=O)OCCCCC(C)(C)CC)CC2)CC1. The van der Waals surface area contributed by atoms with Crippen molar-refractivity contribution in [2.75, 3.05) is 52.5 Å². The highest BCUT2D eigenvalue weighted by atomic mass is 16.5. The maximum atomic E-state index is 12.2. The lowest BCUT2D eigenvalue weighted by atomic mass is 9.85. The predicted octanol–water partition coefficient (Wildman–Crippen LogP) is 8.66. The summed E-state index contributed by atoms with van der Waals surface area (Å²) in [5, 5.41) is 0. The highest BCUT2D eigenvalue weighted by Gasteiger charge is 2.23. The van der Waals surface area contributed by atoms with E-state index < -0.39 is 0 Å². The van der Waals surface area contributed by atoms with E-state index in [2.05, 4.69) is 51.3 Å². The standard InChI is InChI=1S/C37H70N2O4/c1-7-36(3,4)22-9-11-30-42-34(40)20-28-38-24-16-32(17-25-38)14-13-15-33-18-26-39(27-19-33)29-21-35(41)43-31-12-10-23-37(5,6)8-2/h32-33H,7-31H2,1-6H3. The van der Waals surface area contributed by atoms with Crippen LogP contribution in [0, 0.1) is 22.7 Å². The Labute approximate surface area is 266 Å². The van der Waals surface area contributed by atoms with Gasteiger partial charge in [0.1, 0.15) is 0 Å². The molecule has 0 atom stereocenters. The average Bonchev–Trinajstić information content (AvgIpc) is 3.00. The van der Waals surface area contributed by atoms with E-state index in [9.17, 15) is 9.59 Å². The van der Waals surface area contributed by atoms with Gasteiger partial charge in [0.25, 0.3) is 0 Å². The van der Waals surface area contributed by atoms with E-state index in [1.807, 2.05) is 0 Å². The monoisotopic (exact) mass is 607 g/mol. The van der Waals surface area contributed by atoms with Crippen LogP contribution in [0.5, 0.6) is 0 Å². The topological polar surface area (TPSA) is 59.1 Å². The molecule has 6 heteroatoms. The molecule has 252 valence electrons. The van der Waals surface area contributed by atoms with Gasteiger partial charge in [-0.05, 0) is 113 Å². The highest BCUT2D eigenvalue weighted by molar-refractivity contribution is 5.69. The molecule has 0 radical (unpaired) electrons. The number of hydrogen-bond donors (Lipinski definition) is 0. The number of unbranched alkanes of at least 4 members (excludes halogenated alkanes) is 2. The van der Waals surface area contributed by atoms with Crippen molar-refractivity contribution in [2.45, 2.75) is 151 Å². The number of rotatable bonds is 22. The molecule has 0 N–H and O–H groups in total. The van der Waals surface area contributed by atoms with Crippen molar-refractivity contribution in [3.63, 3.8) is 0 Å². The number of nitrogens with zero attached hydrogens (tertiary/aromatic N) is 2. The summed E-state index contributed by atoms with van der Waals surface area (Å²) >= 11 is 0. The zero-order valence-electron chi connectivity index (χ0n) is 29.4. The average molecular weight is 607 g/mol. The van der Waals surface area contributed by atoms with Gasteiger partial charge in [-0.25, -0.2) is 0 Å². The summed E-state index contributed by atoms with van der Waals surface area (Å²) < 4.78 is 11.0. The number of carbonyl (C=O) groups is 2. The van der Waals surface area contributed by atoms with Crippen LogP contribution in [0.3, 0.4) is 0 Å². The second kappa shape index (κ2) is 20.8. The summed E-state index contributed by atoms with van der Waals surface area (Å²) in [6.07, 6.45) is 19.2. The number of esters is 2. The molecule has 0 aromatic rings. The van der Waals surface area contributed by atoms with E-state index in [1.54, 1.807) is 0 Å². The molecule has 0 saturated carbocycles. The van der Waals surface area contributed by atoms with Gasteiger partial charge < -0.3 is 19.3 Å². The number of hydrogen-bond acceptors (Lipinski definition) is 6. The third-order valence-electron chi connectivity index (χ3n) is 10.8. The first-order valence-corrected chi connectivity index (χ1v) is 18.3. The van der Waals surface area contributed by atoms with Crippen LogP contribution in [-0.4, -0.2) is 74.2 Å². The summed E-state index contributed by atoms with van der Waals surface area (Å²) in [6, 6.07) is 0. The molecule has 2 aliphatic heterocycles. The number of piperidine rings is 2. The fraction of sp³-hybridized carbons (Fsp3) is 0.946. The summed E-state index contributed by atoms with van der Waals surface area (Å²) in [4.78, 5) is 29.2. The largest absolute Gasteiger partial charge is 0.466 e. The van der Waals surface area contributed by atoms with Crippen molar-refractivity contribution in [3.8, 4) is 0 Å². The Morgan fingerprint density at radius 1 is 0.605 bits per heavy atom. The van der Waals surface area contributed by atoms with E-state index in [0.29, 0.717) is 36.9 Å². The van der Waals surface area contributed by atoms with Gasteiger partial charge >= 0.3 is 11.9 Å². The van der Waals surface area contributed by atoms with Crippen LogP contribution in [0.25, 0.3) is 0 Å². The normalized spacial score (nSPS) is 18.2. The number of carbonyl (C=O) groups excluding carboxylic acids is 2. The van der Waals surface area contributed by atoms with E-state index >= 15 is 0 Å². The van der Waals surface area contributed by atoms with Crippen molar-refractivity contribution in [2.24, 2.45) is 22.7 Å². The van der Waals surface area contributed by atoms with Crippen molar-refractivity contribution >= 4 is 11.9 Å². The zero-order chi connectivity index (χ0) is 31.6. The summed E-state index contributed by atoms with van der Waals surface area (Å²) in [5.41, 5.74) is 0.803. The van der Waals surface area contributed by atoms with E-state index in [0.717, 1.165) is 76.8 Å². The molecule has 6 nitrogen and oxygen atoms in total. The quantitative estimate of drug-likeness (QED) is 0.0908. The fourth-order valence-corrected chi connectivity index (χ4v) is 6.47. The van der Waals surface area contributed by atoms with Crippen LogP contribution in [0.4, 0.5) is 0 Å². The molecule has 2 rings (SSSR count). The molecule has 0 unspecified atom stereocenters. The molecule has 0 bridgehead atoms. The van der Waals surface area contributed by atoms with Crippen molar-refractivity contribution in [1.29, 1.82) is 0 Å². The smallest absolute Gasteiger partial charge is 0.307 e. The molecule has 0 aromatic heterocycles. The summed E-state index contributed by atoms with van der Waals surface area (Å²) in [7, 11) is 0. The first-order valence-electron chi connectivity index (χ1n) is 18.3. The molecule has 2 saturated heterocycles. The zero-order valence-corrected chi connectivity index (χ0v) is 29.4. The highest BCUT2D eigenvalue weighted by Crippen LogP contribution is 2.29. The Morgan fingerprint density at radius 3 is 1.33 bits per heavy atom. The first kappa shape index (κ1) is 38.0. The number of likely N-dealkylation sites (tertiary alicyclic amines) is 2. The van der Waals surface area contributed by atoms with Crippen molar-refractivity contribution in [3.05, 3.63) is 0 Å². The molecular formula is C37H70N2O4. The molecule has 2 heterocycles. The molecule has 0 aliphatic carbocycles. The van der Waals surface area contributed by atoms with Crippen LogP contribution < -0.4 is 0 Å². The van der Waals surface area contributed by atoms with Gasteiger partial charge in [0.2, 0.25) is 0 Å². The van der Waals surface area contributed by atoms with Gasteiger partial charge in [-0.3, -0.25) is 9.59 Å². The Morgan fingerprint density at radius 2 is 0.977 bits per heavy atom. The lowest BCUT2D eigenvalue weighted by Gasteiger charge is -2.33. The molecule has 0 aromatic carbocycles. The second-order valence-corrected chi connectivity index (χ2v) is 15.4. The van der Waals surface area contributed by atoms with Crippen LogP contribution in [0.2, 0.25) is 0 Å². The second-order valence-electron chi connectivity index (χ2n) is 15.4. The van der Waals surface area contributed by atoms with Gasteiger partial charge in [-0.2, -0.15) is 0 Å². The third kappa shape index (κ3) is 17.8. The lowest BCUT2D eigenvalue weighted by Crippen LogP contribution is -2.36. The maximum Gasteiger partial charge on any atom is 0.307 e. The summed E-state index contributed by atoms with van der Waals surface area (Å²) in [5.74, 6) is 1.64. The molecule has 2 fully saturated rings. The minimum absolute atomic E-state index is 0.0275. The fourth-order valence-electron chi connectivity index (χ4n) is 6.47. The van der Waals surface area contributed by atoms with Gasteiger partial charge in [0, 0.05) is 13.1 Å². The Kier molecular flexibility index (Phi) is 18.4. The summed E-state index contributed by atoms with van der Waals surface area (Å²) in [6.45, 7) is 21.1. The maximum absolute atomic E-state index is 12.2. The van der Waals surface area contributed by atoms with Gasteiger partial charge in [-0.15, -0.1) is 0 Å². The predicted molar refractivity (Wildman–Crippen MR) is 179 cm³/mol. The Bertz CT molecular complexity index is 690. The molecule has 2 aliphatic rings. The van der Waals surface area contributed by atoms with E-state index in [-0.39, 0.29) is 11.9 Å². The Hall–Kier alpha value is -1.14. The third-order valence-corrected chi connectivity index (χ3v) is 10.8. The van der Waals surface area contributed by atoms with E-state index in [1.165, 1.54) is 70.6 Å².